The molecule has 2 aromatic rings. The molecule has 1 fully saturated rings. The fraction of sp³-hybridized carbons (Fsp3) is 0.176. The first-order valence-corrected chi connectivity index (χ1v) is 6.84. The molecule has 4 nitrogen and oxygen atoms in total. The molecule has 1 aliphatic heterocycles. The third-order valence-electron chi connectivity index (χ3n) is 3.75. The van der Waals surface area contributed by atoms with Gasteiger partial charge < -0.3 is 10.0 Å². The largest absolute Gasteiger partial charge is 0.481 e. The summed E-state index contributed by atoms with van der Waals surface area (Å²) >= 11 is 0. The van der Waals surface area contributed by atoms with E-state index in [9.17, 15) is 9.59 Å². The molecule has 1 N–H and O–H groups in total. The standard InChI is InChI=1S/C17H15NO3/c19-16-10-13(17(20)21)11-18(16)15-9-5-4-8-14(15)12-6-2-1-3-7-12/h1-9,13H,10-11H2,(H,20,21). The van der Waals surface area contributed by atoms with Crippen LogP contribution in [0, 0.1) is 5.92 Å². The van der Waals surface area contributed by atoms with E-state index in [0.29, 0.717) is 0 Å². The van der Waals surface area contributed by atoms with Crippen molar-refractivity contribution in [1.82, 2.24) is 0 Å². The van der Waals surface area contributed by atoms with Crippen molar-refractivity contribution in [2.24, 2.45) is 5.92 Å². The topological polar surface area (TPSA) is 57.6 Å². The molecule has 106 valence electrons. The molecular weight excluding hydrogens is 266 g/mol. The monoisotopic (exact) mass is 281 g/mol. The lowest BCUT2D eigenvalue weighted by Gasteiger charge is -2.20. The quantitative estimate of drug-likeness (QED) is 0.941. The maximum atomic E-state index is 12.1. The summed E-state index contributed by atoms with van der Waals surface area (Å²) in [6.07, 6.45) is 0.0679. The van der Waals surface area contributed by atoms with E-state index in [0.717, 1.165) is 16.8 Å². The van der Waals surface area contributed by atoms with Crippen molar-refractivity contribution < 1.29 is 14.7 Å². The van der Waals surface area contributed by atoms with Gasteiger partial charge in [-0.1, -0.05) is 48.5 Å². The lowest BCUT2D eigenvalue weighted by molar-refractivity contribution is -0.141. The lowest BCUT2D eigenvalue weighted by Crippen LogP contribution is -2.26. The fourth-order valence-corrected chi connectivity index (χ4v) is 2.68. The number of carboxylic acid groups (broad SMARTS) is 1. The minimum absolute atomic E-state index is 0.0679. The molecule has 1 unspecified atom stereocenters. The van der Waals surface area contributed by atoms with Crippen LogP contribution in [0.2, 0.25) is 0 Å². The van der Waals surface area contributed by atoms with Crippen LogP contribution in [0.1, 0.15) is 6.42 Å². The molecule has 21 heavy (non-hydrogen) atoms. The van der Waals surface area contributed by atoms with Crippen LogP contribution in [0.25, 0.3) is 11.1 Å². The second-order valence-electron chi connectivity index (χ2n) is 5.13. The summed E-state index contributed by atoms with van der Waals surface area (Å²) in [5.41, 5.74) is 2.73. The number of hydrogen-bond donors (Lipinski definition) is 1. The first kappa shape index (κ1) is 13.4. The summed E-state index contributed by atoms with van der Waals surface area (Å²) in [7, 11) is 0. The Kier molecular flexibility index (Phi) is 3.44. The summed E-state index contributed by atoms with van der Waals surface area (Å²) in [5, 5.41) is 9.10. The Labute approximate surface area is 122 Å². The van der Waals surface area contributed by atoms with E-state index in [2.05, 4.69) is 0 Å². The molecular formula is C17H15NO3. The highest BCUT2D eigenvalue weighted by Gasteiger charge is 2.35. The first-order chi connectivity index (χ1) is 10.2. The van der Waals surface area contributed by atoms with Crippen LogP contribution in [-0.4, -0.2) is 23.5 Å². The number of benzene rings is 2. The van der Waals surface area contributed by atoms with Gasteiger partial charge >= 0.3 is 5.97 Å². The van der Waals surface area contributed by atoms with Gasteiger partial charge in [0.15, 0.2) is 0 Å². The normalized spacial score (nSPS) is 18.0. The van der Waals surface area contributed by atoms with Gasteiger partial charge in [0.1, 0.15) is 0 Å². The van der Waals surface area contributed by atoms with E-state index < -0.39 is 11.9 Å². The van der Waals surface area contributed by atoms with Gasteiger partial charge in [0, 0.05) is 18.5 Å². The zero-order valence-electron chi connectivity index (χ0n) is 11.4. The van der Waals surface area contributed by atoms with Gasteiger partial charge in [0.05, 0.1) is 11.6 Å². The summed E-state index contributed by atoms with van der Waals surface area (Å²) in [6, 6.07) is 17.4. The van der Waals surface area contributed by atoms with Crippen molar-refractivity contribution in [3.05, 3.63) is 54.6 Å². The minimum Gasteiger partial charge on any atom is -0.481 e. The summed E-state index contributed by atoms with van der Waals surface area (Å²) < 4.78 is 0. The molecule has 0 spiro atoms. The highest BCUT2D eigenvalue weighted by atomic mass is 16.4. The van der Waals surface area contributed by atoms with E-state index in [1.807, 2.05) is 54.6 Å². The summed E-state index contributed by atoms with van der Waals surface area (Å²) in [5.74, 6) is -1.67. The molecule has 1 amide bonds. The second kappa shape index (κ2) is 5.40. The van der Waals surface area contributed by atoms with Crippen LogP contribution in [0.4, 0.5) is 5.69 Å². The zero-order chi connectivity index (χ0) is 14.8. The number of nitrogens with zero attached hydrogens (tertiary/aromatic N) is 1. The Hall–Kier alpha value is -2.62. The molecule has 1 aliphatic rings. The number of hydrogen-bond acceptors (Lipinski definition) is 2. The zero-order valence-corrected chi connectivity index (χ0v) is 11.4. The molecule has 4 heteroatoms. The second-order valence-corrected chi connectivity index (χ2v) is 5.13. The van der Waals surface area contributed by atoms with Gasteiger partial charge in [-0.25, -0.2) is 0 Å². The van der Waals surface area contributed by atoms with Crippen LogP contribution in [0.3, 0.4) is 0 Å². The lowest BCUT2D eigenvalue weighted by atomic mass is 10.0. The van der Waals surface area contributed by atoms with E-state index in [-0.39, 0.29) is 18.9 Å². The third kappa shape index (κ3) is 2.52. The highest BCUT2D eigenvalue weighted by Crippen LogP contribution is 2.34. The van der Waals surface area contributed by atoms with Gasteiger partial charge in [-0.3, -0.25) is 9.59 Å². The summed E-state index contributed by atoms with van der Waals surface area (Å²) in [6.45, 7) is 0.234. The van der Waals surface area contributed by atoms with Gasteiger partial charge in [-0.05, 0) is 11.6 Å². The average molecular weight is 281 g/mol. The number of para-hydroxylation sites is 1. The molecule has 0 bridgehead atoms. The molecule has 3 rings (SSSR count). The van der Waals surface area contributed by atoms with Crippen molar-refractivity contribution >= 4 is 17.6 Å². The molecule has 2 aromatic carbocycles. The van der Waals surface area contributed by atoms with Crippen molar-refractivity contribution in [2.45, 2.75) is 6.42 Å². The Bertz CT molecular complexity index is 681. The van der Waals surface area contributed by atoms with Crippen LogP contribution in [-0.2, 0) is 9.59 Å². The maximum Gasteiger partial charge on any atom is 0.308 e. The number of carbonyl (C=O) groups excluding carboxylic acids is 1. The first-order valence-electron chi connectivity index (χ1n) is 6.84. The Morgan fingerprint density at radius 1 is 1.05 bits per heavy atom. The van der Waals surface area contributed by atoms with Crippen molar-refractivity contribution in [3.8, 4) is 11.1 Å². The number of carboxylic acids is 1. The minimum atomic E-state index is -0.914. The number of aliphatic carboxylic acids is 1. The molecule has 0 radical (unpaired) electrons. The van der Waals surface area contributed by atoms with Crippen molar-refractivity contribution in [2.75, 3.05) is 11.4 Å². The molecule has 1 heterocycles. The van der Waals surface area contributed by atoms with Gasteiger partial charge in [0.25, 0.3) is 0 Å². The third-order valence-corrected chi connectivity index (χ3v) is 3.75. The molecule has 0 saturated carbocycles. The SMILES string of the molecule is O=C(O)C1CC(=O)N(c2ccccc2-c2ccccc2)C1. The smallest absolute Gasteiger partial charge is 0.308 e. The summed E-state index contributed by atoms with van der Waals surface area (Å²) in [4.78, 5) is 24.8. The van der Waals surface area contributed by atoms with Gasteiger partial charge in [-0.2, -0.15) is 0 Å². The van der Waals surface area contributed by atoms with Gasteiger partial charge in [-0.15, -0.1) is 0 Å². The predicted octanol–water partition coefficient (Wildman–Crippen LogP) is 2.79. The predicted molar refractivity (Wildman–Crippen MR) is 80.0 cm³/mol. The maximum absolute atomic E-state index is 12.1. The van der Waals surface area contributed by atoms with Crippen LogP contribution in [0.15, 0.2) is 54.6 Å². The van der Waals surface area contributed by atoms with Crippen LogP contribution < -0.4 is 4.90 Å². The van der Waals surface area contributed by atoms with Gasteiger partial charge in [0.2, 0.25) is 5.91 Å². The van der Waals surface area contributed by atoms with E-state index in [1.54, 1.807) is 4.90 Å². The van der Waals surface area contributed by atoms with E-state index in [4.69, 9.17) is 5.11 Å². The molecule has 1 atom stereocenters. The molecule has 0 aliphatic carbocycles. The molecule has 0 aromatic heterocycles. The Morgan fingerprint density at radius 2 is 1.71 bits per heavy atom. The highest BCUT2D eigenvalue weighted by molar-refractivity contribution is 6.02. The Balaban J connectivity index is 2.00. The Morgan fingerprint density at radius 3 is 2.38 bits per heavy atom. The van der Waals surface area contributed by atoms with Crippen molar-refractivity contribution in [3.63, 3.8) is 0 Å². The number of rotatable bonds is 3. The molecule has 1 saturated heterocycles. The van der Waals surface area contributed by atoms with Crippen molar-refractivity contribution in [1.29, 1.82) is 0 Å². The van der Waals surface area contributed by atoms with E-state index >= 15 is 0 Å². The number of anilines is 1. The number of amides is 1. The van der Waals surface area contributed by atoms with Crippen LogP contribution in [0.5, 0.6) is 0 Å². The van der Waals surface area contributed by atoms with E-state index in [1.165, 1.54) is 0 Å². The average Bonchev–Trinajstić information content (AvgIpc) is 2.90. The fourth-order valence-electron chi connectivity index (χ4n) is 2.68. The van der Waals surface area contributed by atoms with Crippen LogP contribution >= 0.6 is 0 Å². The number of carbonyl (C=O) groups is 2.